The molecule has 5 atom stereocenters. The topological polar surface area (TPSA) is 120 Å². The number of hydrogen-bond acceptors (Lipinski definition) is 5. The number of anilines is 2. The maximum Gasteiger partial charge on any atom is 0.256 e. The van der Waals surface area contributed by atoms with Gasteiger partial charge in [-0.05, 0) is 104 Å². The first-order chi connectivity index (χ1) is 18.5. The van der Waals surface area contributed by atoms with Gasteiger partial charge in [-0.2, -0.15) is 0 Å². The molecule has 8 nitrogen and oxygen atoms in total. The summed E-state index contributed by atoms with van der Waals surface area (Å²) in [7, 11) is 0. The number of aromatic amines is 1. The highest BCUT2D eigenvalue weighted by molar-refractivity contribution is 6.05. The van der Waals surface area contributed by atoms with Crippen LogP contribution >= 0.6 is 0 Å². The van der Waals surface area contributed by atoms with E-state index in [1.165, 1.54) is 6.42 Å². The molecule has 38 heavy (non-hydrogen) atoms. The van der Waals surface area contributed by atoms with Gasteiger partial charge in [-0.25, -0.2) is 9.97 Å². The number of imidazole rings is 1. The Bertz CT molecular complexity index is 1520. The van der Waals surface area contributed by atoms with Crippen molar-refractivity contribution in [3.05, 3.63) is 72.4 Å². The lowest BCUT2D eigenvalue weighted by atomic mass is 9.48. The first-order valence-corrected chi connectivity index (χ1v) is 13.3. The highest BCUT2D eigenvalue weighted by atomic mass is 16.3. The smallest absolute Gasteiger partial charge is 0.256 e. The Hall–Kier alpha value is -4.04. The SMILES string of the molecule is O=C(Nc1ccccn1)c1ccc2nc(-c3ccc(NC(=O)C45C[C@@H]6CC(C[C@@H](C6)C4)C5O)cc3)[nH]c2c1. The lowest BCUT2D eigenvalue weighted by Gasteiger charge is -2.58. The normalized spacial score (nSPS) is 27.4. The largest absolute Gasteiger partial charge is 0.392 e. The molecule has 8 heteroatoms. The highest BCUT2D eigenvalue weighted by Crippen LogP contribution is 2.60. The van der Waals surface area contributed by atoms with Crippen molar-refractivity contribution in [3.63, 3.8) is 0 Å². The van der Waals surface area contributed by atoms with Gasteiger partial charge in [0.2, 0.25) is 5.91 Å². The zero-order valence-corrected chi connectivity index (χ0v) is 20.9. The second-order valence-electron chi connectivity index (χ2n) is 11.2. The molecule has 8 rings (SSSR count). The molecule has 4 N–H and O–H groups in total. The van der Waals surface area contributed by atoms with E-state index in [4.69, 9.17) is 0 Å². The van der Waals surface area contributed by atoms with Crippen molar-refractivity contribution in [1.29, 1.82) is 0 Å². The van der Waals surface area contributed by atoms with E-state index in [0.717, 1.165) is 42.3 Å². The summed E-state index contributed by atoms with van der Waals surface area (Å²) in [5.41, 5.74) is 2.94. The van der Waals surface area contributed by atoms with E-state index < -0.39 is 11.5 Å². The van der Waals surface area contributed by atoms with Gasteiger partial charge in [-0.3, -0.25) is 9.59 Å². The molecule has 4 aliphatic carbocycles. The van der Waals surface area contributed by atoms with Gasteiger partial charge in [0.05, 0.1) is 22.6 Å². The average Bonchev–Trinajstić information content (AvgIpc) is 3.35. The van der Waals surface area contributed by atoms with Crippen LogP contribution in [0.2, 0.25) is 0 Å². The second-order valence-corrected chi connectivity index (χ2v) is 11.2. The number of nitrogens with one attached hydrogen (secondary N) is 3. The molecule has 2 aromatic carbocycles. The van der Waals surface area contributed by atoms with Gasteiger partial charge in [0, 0.05) is 23.0 Å². The number of benzene rings is 2. The molecule has 0 aliphatic heterocycles. The summed E-state index contributed by atoms with van der Waals surface area (Å²) in [5.74, 6) is 2.29. The van der Waals surface area contributed by atoms with Gasteiger partial charge < -0.3 is 20.7 Å². The van der Waals surface area contributed by atoms with Crippen molar-refractivity contribution in [2.75, 3.05) is 10.6 Å². The van der Waals surface area contributed by atoms with Crippen molar-refractivity contribution in [3.8, 4) is 11.4 Å². The minimum atomic E-state index is -0.646. The van der Waals surface area contributed by atoms with Gasteiger partial charge in [0.15, 0.2) is 0 Å². The fourth-order valence-electron chi connectivity index (χ4n) is 7.21. The Morgan fingerprint density at radius 3 is 2.47 bits per heavy atom. The van der Waals surface area contributed by atoms with E-state index in [1.54, 1.807) is 30.5 Å². The standard InChI is InChI=1S/C30H29N5O3/c36-26-21-12-17-11-18(13-21)16-30(26,15-17)29(38)32-22-7-4-19(5-8-22)27-33-23-9-6-20(14-24(23)34-27)28(37)35-25-3-1-2-10-31-25/h1-10,14,17-18,21,26,36H,11-13,15-16H2,(H,32,38)(H,33,34)(H,31,35,37)/t17-,18+,21?,26?,30?. The molecule has 3 unspecified atom stereocenters. The van der Waals surface area contributed by atoms with E-state index in [-0.39, 0.29) is 17.7 Å². The predicted octanol–water partition coefficient (Wildman–Crippen LogP) is 5.00. The van der Waals surface area contributed by atoms with Crippen LogP contribution < -0.4 is 10.6 Å². The zero-order valence-electron chi connectivity index (χ0n) is 20.9. The fraction of sp³-hybridized carbons (Fsp3) is 0.333. The van der Waals surface area contributed by atoms with Crippen LogP contribution in [0, 0.1) is 23.2 Å². The van der Waals surface area contributed by atoms with Crippen molar-refractivity contribution in [2.24, 2.45) is 23.2 Å². The number of amides is 2. The van der Waals surface area contributed by atoms with Crippen molar-refractivity contribution in [2.45, 2.75) is 38.2 Å². The van der Waals surface area contributed by atoms with E-state index in [2.05, 4.69) is 25.6 Å². The van der Waals surface area contributed by atoms with Gasteiger partial charge in [0.25, 0.3) is 5.91 Å². The number of aromatic nitrogens is 3. The van der Waals surface area contributed by atoms with Crippen LogP contribution in [0.1, 0.15) is 42.5 Å². The number of hydrogen-bond donors (Lipinski definition) is 4. The average molecular weight is 508 g/mol. The molecule has 4 saturated carbocycles. The summed E-state index contributed by atoms with van der Waals surface area (Å²) in [5, 5.41) is 16.9. The van der Waals surface area contributed by atoms with Gasteiger partial charge in [-0.15, -0.1) is 0 Å². The lowest BCUT2D eigenvalue weighted by Crippen LogP contribution is -2.60. The van der Waals surface area contributed by atoms with Crippen LogP contribution in [-0.4, -0.2) is 38.0 Å². The number of carbonyl (C=O) groups excluding carboxylic acids is 2. The molecule has 4 fully saturated rings. The Morgan fingerprint density at radius 2 is 1.74 bits per heavy atom. The number of carbonyl (C=O) groups is 2. The summed E-state index contributed by atoms with van der Waals surface area (Å²) >= 11 is 0. The Kier molecular flexibility index (Phi) is 5.33. The Balaban J connectivity index is 1.07. The van der Waals surface area contributed by atoms with Gasteiger partial charge in [0.1, 0.15) is 11.6 Å². The fourth-order valence-corrected chi connectivity index (χ4v) is 7.21. The molecule has 0 saturated heterocycles. The van der Waals surface area contributed by atoms with Gasteiger partial charge >= 0.3 is 0 Å². The molecule has 4 aromatic rings. The molecule has 192 valence electrons. The third-order valence-corrected chi connectivity index (χ3v) is 8.78. The maximum atomic E-state index is 13.4. The summed E-state index contributed by atoms with van der Waals surface area (Å²) in [6.07, 6.45) is 6.02. The van der Waals surface area contributed by atoms with Gasteiger partial charge in [-0.1, -0.05) is 6.07 Å². The van der Waals surface area contributed by atoms with Crippen molar-refractivity contribution < 1.29 is 14.7 Å². The summed E-state index contributed by atoms with van der Waals surface area (Å²) in [4.78, 5) is 38.2. The van der Waals surface area contributed by atoms with Crippen LogP contribution in [0.25, 0.3) is 22.4 Å². The monoisotopic (exact) mass is 507 g/mol. The first kappa shape index (κ1) is 23.1. The quantitative estimate of drug-likeness (QED) is 0.303. The third-order valence-electron chi connectivity index (χ3n) is 8.78. The van der Waals surface area contributed by atoms with E-state index in [0.29, 0.717) is 34.7 Å². The number of pyridine rings is 1. The molecule has 4 aliphatic rings. The number of fused-ring (bicyclic) bond motifs is 1. The Labute approximate surface area is 219 Å². The molecule has 0 radical (unpaired) electrons. The van der Waals surface area contributed by atoms with Crippen LogP contribution in [0.3, 0.4) is 0 Å². The molecule has 0 spiro atoms. The minimum Gasteiger partial charge on any atom is -0.392 e. The number of aliphatic hydroxyl groups excluding tert-OH is 1. The van der Waals surface area contributed by atoms with Crippen molar-refractivity contribution in [1.82, 2.24) is 15.0 Å². The van der Waals surface area contributed by atoms with Crippen molar-refractivity contribution >= 4 is 34.4 Å². The lowest BCUT2D eigenvalue weighted by molar-refractivity contribution is -0.171. The molecule has 4 bridgehead atoms. The summed E-state index contributed by atoms with van der Waals surface area (Å²) in [6, 6.07) is 18.3. The maximum absolute atomic E-state index is 13.4. The molecular formula is C30H29N5O3. The number of rotatable bonds is 5. The minimum absolute atomic E-state index is 0.0444. The third kappa shape index (κ3) is 3.87. The van der Waals surface area contributed by atoms with Crippen LogP contribution in [-0.2, 0) is 4.79 Å². The van der Waals surface area contributed by atoms with E-state index >= 15 is 0 Å². The summed E-state index contributed by atoms with van der Waals surface area (Å²) in [6.45, 7) is 0. The Morgan fingerprint density at radius 1 is 0.947 bits per heavy atom. The molecule has 2 aromatic heterocycles. The number of aliphatic hydroxyl groups is 1. The van der Waals surface area contributed by atoms with E-state index in [9.17, 15) is 14.7 Å². The number of nitrogens with zero attached hydrogens (tertiary/aromatic N) is 2. The molecular weight excluding hydrogens is 478 g/mol. The zero-order chi connectivity index (χ0) is 25.9. The number of H-pyrrole nitrogens is 1. The first-order valence-electron chi connectivity index (χ1n) is 13.3. The van der Waals surface area contributed by atoms with Crippen LogP contribution in [0.4, 0.5) is 11.5 Å². The second kappa shape index (κ2) is 8.77. The van der Waals surface area contributed by atoms with Crippen LogP contribution in [0.15, 0.2) is 66.9 Å². The molecule has 2 amide bonds. The summed E-state index contributed by atoms with van der Waals surface area (Å²) < 4.78 is 0. The highest BCUT2D eigenvalue weighted by Gasteiger charge is 2.60. The molecule has 2 heterocycles. The van der Waals surface area contributed by atoms with E-state index in [1.807, 2.05) is 36.4 Å². The van der Waals surface area contributed by atoms with Crippen LogP contribution in [0.5, 0.6) is 0 Å². The predicted molar refractivity (Wildman–Crippen MR) is 144 cm³/mol.